The van der Waals surface area contributed by atoms with E-state index in [0.29, 0.717) is 73.0 Å². The standard InChI is InChI=1S/C41H41N9O5/c42-37-35-36(26-6-9-31(10-7-26)55-30-4-2-1-3-5-30)46-50(38(35)44-24-43-37)29-16-20-48(21-17-29)41(54)47-18-14-25(15-19-47)27-8-11-32-28(22-27)23-49(40(32)53)33-12-13-34(51)45-39(33)52/h1-11,22,24-25,29,33H,12-21,23H2,(H2,42,43,44)(H,45,51,52). The Hall–Kier alpha value is -6.31. The van der Waals surface area contributed by atoms with Crippen molar-refractivity contribution >= 4 is 40.6 Å². The number of imide groups is 1. The minimum atomic E-state index is -0.631. The van der Waals surface area contributed by atoms with Crippen molar-refractivity contribution in [3.05, 3.63) is 95.8 Å². The zero-order valence-corrected chi connectivity index (χ0v) is 30.3. The number of aromatic nitrogens is 4. The number of amides is 5. The SMILES string of the molecule is Nc1ncnc2c1c(-c1ccc(Oc3ccccc3)cc1)nn2C1CCN(C(=O)N2CCC(c3ccc4c(c3)CN(C3CCC(=O)NC3=O)C4=O)CC2)CC1. The number of benzene rings is 3. The zero-order valence-electron chi connectivity index (χ0n) is 30.3. The molecule has 4 aliphatic rings. The van der Waals surface area contributed by atoms with Crippen molar-refractivity contribution < 1.29 is 23.9 Å². The number of likely N-dealkylation sites (tertiary alicyclic amines) is 2. The van der Waals surface area contributed by atoms with Crippen LogP contribution in [0.25, 0.3) is 22.3 Å². The average Bonchev–Trinajstić information content (AvgIpc) is 3.77. The predicted molar refractivity (Wildman–Crippen MR) is 203 cm³/mol. The second-order valence-electron chi connectivity index (χ2n) is 14.8. The quantitative estimate of drug-likeness (QED) is 0.221. The van der Waals surface area contributed by atoms with Crippen LogP contribution in [0.5, 0.6) is 11.5 Å². The van der Waals surface area contributed by atoms with Gasteiger partial charge in [0, 0.05) is 50.3 Å². The van der Waals surface area contributed by atoms with Gasteiger partial charge in [-0.05, 0) is 91.6 Å². The molecule has 5 amide bonds. The molecule has 0 saturated carbocycles. The Kier molecular flexibility index (Phi) is 8.87. The van der Waals surface area contributed by atoms with Crippen LogP contribution < -0.4 is 15.8 Å². The Morgan fingerprint density at radius 1 is 0.818 bits per heavy atom. The Morgan fingerprint density at radius 3 is 2.25 bits per heavy atom. The molecule has 2 aromatic heterocycles. The summed E-state index contributed by atoms with van der Waals surface area (Å²) in [6, 6.07) is 22.8. The van der Waals surface area contributed by atoms with E-state index in [1.165, 1.54) is 6.33 Å². The molecular formula is C41H41N9O5. The summed E-state index contributed by atoms with van der Waals surface area (Å²) in [5.41, 5.74) is 11.3. The largest absolute Gasteiger partial charge is 0.457 e. The molecule has 1 unspecified atom stereocenters. The molecule has 14 heteroatoms. The third-order valence-electron chi connectivity index (χ3n) is 11.5. The van der Waals surface area contributed by atoms with Crippen molar-refractivity contribution in [2.75, 3.05) is 31.9 Å². The first kappa shape index (κ1) is 34.5. The van der Waals surface area contributed by atoms with Gasteiger partial charge in [-0.3, -0.25) is 19.7 Å². The molecule has 0 bridgehead atoms. The Bertz CT molecular complexity index is 2290. The summed E-state index contributed by atoms with van der Waals surface area (Å²) >= 11 is 0. The highest BCUT2D eigenvalue weighted by Crippen LogP contribution is 2.37. The highest BCUT2D eigenvalue weighted by atomic mass is 16.5. The number of hydrogen-bond acceptors (Lipinski definition) is 9. The number of anilines is 1. The number of ether oxygens (including phenoxy) is 1. The summed E-state index contributed by atoms with van der Waals surface area (Å²) in [6.07, 6.45) is 5.16. The van der Waals surface area contributed by atoms with Gasteiger partial charge in [0.2, 0.25) is 11.8 Å². The number of hydrogen-bond donors (Lipinski definition) is 2. The molecule has 5 aromatic rings. The fourth-order valence-electron chi connectivity index (χ4n) is 8.51. The maximum Gasteiger partial charge on any atom is 0.320 e. The summed E-state index contributed by atoms with van der Waals surface area (Å²) in [7, 11) is 0. The summed E-state index contributed by atoms with van der Waals surface area (Å²) in [4.78, 5) is 65.4. The Labute approximate surface area is 317 Å². The molecule has 6 heterocycles. The second-order valence-corrected chi connectivity index (χ2v) is 14.8. The lowest BCUT2D eigenvalue weighted by Crippen LogP contribution is -2.52. The van der Waals surface area contributed by atoms with Crippen molar-refractivity contribution in [3.8, 4) is 22.8 Å². The topological polar surface area (TPSA) is 169 Å². The van der Waals surface area contributed by atoms with Gasteiger partial charge >= 0.3 is 6.03 Å². The number of nitrogen functional groups attached to an aromatic ring is 1. The average molecular weight is 740 g/mol. The molecule has 14 nitrogen and oxygen atoms in total. The van der Waals surface area contributed by atoms with Crippen LogP contribution in [0.1, 0.15) is 72.0 Å². The van der Waals surface area contributed by atoms with Crippen molar-refractivity contribution in [1.29, 1.82) is 0 Å². The Balaban J connectivity index is 0.820. The van der Waals surface area contributed by atoms with E-state index in [4.69, 9.17) is 15.6 Å². The number of fused-ring (bicyclic) bond motifs is 2. The van der Waals surface area contributed by atoms with E-state index in [1.54, 1.807) is 4.90 Å². The van der Waals surface area contributed by atoms with Gasteiger partial charge in [-0.25, -0.2) is 19.4 Å². The highest BCUT2D eigenvalue weighted by molar-refractivity contribution is 6.05. The van der Waals surface area contributed by atoms with E-state index < -0.39 is 11.9 Å². The lowest BCUT2D eigenvalue weighted by atomic mass is 9.88. The number of para-hydroxylation sites is 1. The third kappa shape index (κ3) is 6.51. The lowest BCUT2D eigenvalue weighted by molar-refractivity contribution is -0.136. The molecular weight excluding hydrogens is 699 g/mol. The van der Waals surface area contributed by atoms with Crippen LogP contribution in [-0.4, -0.2) is 90.4 Å². The first-order valence-corrected chi connectivity index (χ1v) is 18.9. The maximum absolute atomic E-state index is 13.7. The molecule has 55 heavy (non-hydrogen) atoms. The molecule has 0 aliphatic carbocycles. The number of piperidine rings is 3. The van der Waals surface area contributed by atoms with E-state index in [9.17, 15) is 19.2 Å². The molecule has 3 saturated heterocycles. The Morgan fingerprint density at radius 2 is 1.53 bits per heavy atom. The fourth-order valence-corrected chi connectivity index (χ4v) is 8.51. The van der Waals surface area contributed by atoms with Gasteiger partial charge in [0.15, 0.2) is 5.65 Å². The second kappa shape index (κ2) is 14.2. The van der Waals surface area contributed by atoms with Crippen LogP contribution in [0.3, 0.4) is 0 Å². The molecule has 1 atom stereocenters. The molecule has 3 aromatic carbocycles. The molecule has 3 fully saturated rings. The minimum Gasteiger partial charge on any atom is -0.457 e. The summed E-state index contributed by atoms with van der Waals surface area (Å²) in [6.45, 7) is 2.87. The summed E-state index contributed by atoms with van der Waals surface area (Å²) < 4.78 is 7.94. The van der Waals surface area contributed by atoms with Crippen LogP contribution in [0.15, 0.2) is 79.1 Å². The van der Waals surface area contributed by atoms with Gasteiger partial charge in [0.1, 0.15) is 35.4 Å². The van der Waals surface area contributed by atoms with Crippen LogP contribution in [0, 0.1) is 0 Å². The van der Waals surface area contributed by atoms with Crippen LogP contribution in [0.4, 0.5) is 10.6 Å². The number of rotatable bonds is 6. The molecule has 9 rings (SSSR count). The fraction of sp³-hybridized carbons (Fsp3) is 0.341. The number of urea groups is 1. The summed E-state index contributed by atoms with van der Waals surface area (Å²) in [5.74, 6) is 1.24. The van der Waals surface area contributed by atoms with Gasteiger partial charge in [-0.1, -0.05) is 30.3 Å². The number of nitrogens with one attached hydrogen (secondary N) is 1. The van der Waals surface area contributed by atoms with Gasteiger partial charge in [0.05, 0.1) is 11.4 Å². The van der Waals surface area contributed by atoms with Gasteiger partial charge in [-0.15, -0.1) is 0 Å². The van der Waals surface area contributed by atoms with Gasteiger partial charge < -0.3 is 25.2 Å². The first-order chi connectivity index (χ1) is 26.8. The first-order valence-electron chi connectivity index (χ1n) is 18.9. The van der Waals surface area contributed by atoms with E-state index in [2.05, 4.69) is 21.4 Å². The van der Waals surface area contributed by atoms with Gasteiger partial charge in [-0.2, -0.15) is 5.10 Å². The third-order valence-corrected chi connectivity index (χ3v) is 11.5. The van der Waals surface area contributed by atoms with E-state index in [0.717, 1.165) is 48.1 Å². The monoisotopic (exact) mass is 739 g/mol. The molecule has 280 valence electrons. The van der Waals surface area contributed by atoms with Crippen molar-refractivity contribution in [1.82, 2.24) is 39.8 Å². The smallest absolute Gasteiger partial charge is 0.320 e. The number of nitrogens with zero attached hydrogens (tertiary/aromatic N) is 7. The normalized spacial score (nSPS) is 19.5. The van der Waals surface area contributed by atoms with Crippen molar-refractivity contribution in [2.45, 2.75) is 63.1 Å². The lowest BCUT2D eigenvalue weighted by Gasteiger charge is -2.39. The molecule has 3 N–H and O–H groups in total. The maximum atomic E-state index is 13.7. The minimum absolute atomic E-state index is 0.0404. The van der Waals surface area contributed by atoms with Crippen LogP contribution in [0.2, 0.25) is 0 Å². The van der Waals surface area contributed by atoms with Gasteiger partial charge in [0.25, 0.3) is 5.91 Å². The molecule has 0 radical (unpaired) electrons. The van der Waals surface area contributed by atoms with Crippen molar-refractivity contribution in [3.63, 3.8) is 0 Å². The molecule has 4 aliphatic heterocycles. The van der Waals surface area contributed by atoms with E-state index >= 15 is 0 Å². The zero-order chi connectivity index (χ0) is 37.6. The molecule has 0 spiro atoms. The predicted octanol–water partition coefficient (Wildman–Crippen LogP) is 5.27. The summed E-state index contributed by atoms with van der Waals surface area (Å²) in [5, 5.41) is 8.11. The van der Waals surface area contributed by atoms with Crippen LogP contribution in [-0.2, 0) is 16.1 Å². The van der Waals surface area contributed by atoms with Crippen LogP contribution >= 0.6 is 0 Å². The number of carbonyl (C=O) groups excluding carboxylic acids is 4. The van der Waals surface area contributed by atoms with Crippen molar-refractivity contribution in [2.24, 2.45) is 0 Å². The number of nitrogens with two attached hydrogens (primary N) is 1. The highest BCUT2D eigenvalue weighted by Gasteiger charge is 2.39. The van der Waals surface area contributed by atoms with E-state index in [1.807, 2.05) is 81.2 Å². The number of carbonyl (C=O) groups is 4. The van der Waals surface area contributed by atoms with E-state index in [-0.39, 0.29) is 36.2 Å².